The smallest absolute Gasteiger partial charge is 0.191 e. The van der Waals surface area contributed by atoms with Gasteiger partial charge in [0.25, 0.3) is 0 Å². The van der Waals surface area contributed by atoms with Gasteiger partial charge in [-0.25, -0.2) is 10.8 Å². The Morgan fingerprint density at radius 3 is 3.00 bits per heavy atom. The fraction of sp³-hybridized carbons (Fsp3) is 0.375. The first kappa shape index (κ1) is 9.16. The largest absolute Gasteiger partial charge is 0.305 e. The minimum absolute atomic E-state index is 0.432. The molecule has 3 heterocycles. The molecule has 82 valence electrons. The molecule has 16 heavy (non-hydrogen) atoms. The zero-order valence-corrected chi connectivity index (χ0v) is 8.84. The SMILES string of the molecule is CC1(C)N=Nc2c(NN)nn3ncnc3c21. The molecule has 3 rings (SSSR count). The van der Waals surface area contributed by atoms with Gasteiger partial charge >= 0.3 is 0 Å². The van der Waals surface area contributed by atoms with Crippen molar-refractivity contribution in [1.82, 2.24) is 19.8 Å². The number of hydrazine groups is 1. The van der Waals surface area contributed by atoms with Crippen LogP contribution < -0.4 is 11.3 Å². The number of rotatable bonds is 1. The number of hydrogen-bond acceptors (Lipinski definition) is 7. The maximum absolute atomic E-state index is 5.40. The summed E-state index contributed by atoms with van der Waals surface area (Å²) in [6, 6.07) is 0. The fourth-order valence-corrected chi connectivity index (χ4v) is 1.82. The average Bonchev–Trinajstić information content (AvgIpc) is 2.81. The molecule has 0 spiro atoms. The second kappa shape index (κ2) is 2.73. The molecule has 0 saturated carbocycles. The van der Waals surface area contributed by atoms with E-state index in [1.807, 2.05) is 13.8 Å². The molecule has 2 aromatic heterocycles. The first-order valence-corrected chi connectivity index (χ1v) is 4.77. The van der Waals surface area contributed by atoms with E-state index in [1.54, 1.807) is 0 Å². The number of hydrogen-bond donors (Lipinski definition) is 2. The molecule has 0 atom stereocenters. The Morgan fingerprint density at radius 2 is 2.25 bits per heavy atom. The number of nitrogens with one attached hydrogen (secondary N) is 1. The van der Waals surface area contributed by atoms with Gasteiger partial charge in [-0.2, -0.15) is 10.2 Å². The summed E-state index contributed by atoms with van der Waals surface area (Å²) in [5.41, 5.74) is 4.23. The van der Waals surface area contributed by atoms with Crippen molar-refractivity contribution < 1.29 is 0 Å². The third kappa shape index (κ3) is 0.986. The van der Waals surface area contributed by atoms with Crippen LogP contribution in [0.25, 0.3) is 5.65 Å². The van der Waals surface area contributed by atoms with Crippen LogP contribution in [0.5, 0.6) is 0 Å². The Balaban J connectivity index is 2.46. The van der Waals surface area contributed by atoms with Gasteiger partial charge in [-0.1, -0.05) is 0 Å². The van der Waals surface area contributed by atoms with Gasteiger partial charge in [0, 0.05) is 0 Å². The molecule has 1 aliphatic rings. The van der Waals surface area contributed by atoms with Gasteiger partial charge in [-0.05, 0) is 13.8 Å². The molecule has 0 radical (unpaired) electrons. The number of nitrogens with two attached hydrogens (primary N) is 1. The lowest BCUT2D eigenvalue weighted by atomic mass is 9.96. The van der Waals surface area contributed by atoms with Gasteiger partial charge < -0.3 is 5.43 Å². The van der Waals surface area contributed by atoms with Crippen molar-refractivity contribution in [2.24, 2.45) is 16.1 Å². The minimum Gasteiger partial charge on any atom is -0.305 e. The first-order chi connectivity index (χ1) is 7.63. The van der Waals surface area contributed by atoms with Crippen LogP contribution in [0.3, 0.4) is 0 Å². The number of anilines is 1. The van der Waals surface area contributed by atoms with E-state index in [9.17, 15) is 0 Å². The number of aromatic nitrogens is 4. The Kier molecular flexibility index (Phi) is 1.56. The Morgan fingerprint density at radius 1 is 1.44 bits per heavy atom. The van der Waals surface area contributed by atoms with E-state index in [4.69, 9.17) is 5.84 Å². The zero-order chi connectivity index (χ0) is 11.3. The van der Waals surface area contributed by atoms with E-state index < -0.39 is 5.54 Å². The fourth-order valence-electron chi connectivity index (χ4n) is 1.82. The highest BCUT2D eigenvalue weighted by Crippen LogP contribution is 2.44. The lowest BCUT2D eigenvalue weighted by molar-refractivity contribution is 0.555. The van der Waals surface area contributed by atoms with Crippen LogP contribution in [0.2, 0.25) is 0 Å². The minimum atomic E-state index is -0.432. The number of nitrogen functional groups attached to an aromatic ring is 1. The van der Waals surface area contributed by atoms with Gasteiger partial charge in [0.05, 0.1) is 5.56 Å². The molecule has 0 aromatic carbocycles. The summed E-state index contributed by atoms with van der Waals surface area (Å²) >= 11 is 0. The van der Waals surface area contributed by atoms with Crippen molar-refractivity contribution >= 4 is 17.2 Å². The molecule has 2 aromatic rings. The molecule has 0 fully saturated rings. The molecule has 0 unspecified atom stereocenters. The summed E-state index contributed by atoms with van der Waals surface area (Å²) in [7, 11) is 0. The maximum Gasteiger partial charge on any atom is 0.191 e. The summed E-state index contributed by atoms with van der Waals surface area (Å²) in [5.74, 6) is 5.84. The molecule has 8 nitrogen and oxygen atoms in total. The van der Waals surface area contributed by atoms with Crippen LogP contribution in [0, 0.1) is 0 Å². The molecular weight excluding hydrogens is 208 g/mol. The van der Waals surface area contributed by atoms with Crippen LogP contribution in [-0.2, 0) is 5.54 Å². The predicted octanol–water partition coefficient (Wildman–Crippen LogP) is 0.742. The highest BCUT2D eigenvalue weighted by molar-refractivity contribution is 5.74. The Bertz CT molecular complexity index is 595. The Hall–Kier alpha value is -2.09. The molecule has 0 bridgehead atoms. The van der Waals surface area contributed by atoms with E-state index in [0.717, 1.165) is 5.56 Å². The van der Waals surface area contributed by atoms with Gasteiger partial charge in [0.15, 0.2) is 11.5 Å². The van der Waals surface area contributed by atoms with Crippen LogP contribution in [0.1, 0.15) is 19.4 Å². The van der Waals surface area contributed by atoms with E-state index in [2.05, 4.69) is 30.8 Å². The van der Waals surface area contributed by atoms with Crippen LogP contribution in [-0.4, -0.2) is 19.8 Å². The van der Waals surface area contributed by atoms with Crippen molar-refractivity contribution in [2.75, 3.05) is 5.43 Å². The number of fused-ring (bicyclic) bond motifs is 3. The maximum atomic E-state index is 5.40. The van der Waals surface area contributed by atoms with Gasteiger partial charge in [0.2, 0.25) is 0 Å². The first-order valence-electron chi connectivity index (χ1n) is 4.77. The zero-order valence-electron chi connectivity index (χ0n) is 8.84. The monoisotopic (exact) mass is 218 g/mol. The topological polar surface area (TPSA) is 106 Å². The van der Waals surface area contributed by atoms with Crippen LogP contribution in [0.15, 0.2) is 16.6 Å². The molecule has 0 amide bonds. The highest BCUT2D eigenvalue weighted by Gasteiger charge is 2.35. The van der Waals surface area contributed by atoms with Crippen molar-refractivity contribution in [1.29, 1.82) is 0 Å². The van der Waals surface area contributed by atoms with Crippen molar-refractivity contribution in [3.63, 3.8) is 0 Å². The molecule has 0 saturated heterocycles. The third-order valence-electron chi connectivity index (χ3n) is 2.56. The van der Waals surface area contributed by atoms with Gasteiger partial charge in [-0.3, -0.25) is 0 Å². The number of nitrogens with zero attached hydrogens (tertiary/aromatic N) is 6. The molecule has 3 N–H and O–H groups in total. The lowest BCUT2D eigenvalue weighted by Crippen LogP contribution is -2.16. The lowest BCUT2D eigenvalue weighted by Gasteiger charge is -2.14. The summed E-state index contributed by atoms with van der Waals surface area (Å²) in [4.78, 5) is 4.16. The summed E-state index contributed by atoms with van der Waals surface area (Å²) in [6.07, 6.45) is 1.44. The average molecular weight is 218 g/mol. The molecule has 0 aliphatic carbocycles. The summed E-state index contributed by atoms with van der Waals surface area (Å²) in [6.45, 7) is 3.91. The van der Waals surface area contributed by atoms with Crippen LogP contribution >= 0.6 is 0 Å². The van der Waals surface area contributed by atoms with E-state index in [1.165, 1.54) is 11.0 Å². The van der Waals surface area contributed by atoms with Crippen molar-refractivity contribution in [3.8, 4) is 0 Å². The molecule has 8 heteroatoms. The predicted molar refractivity (Wildman–Crippen MR) is 56.1 cm³/mol. The van der Waals surface area contributed by atoms with Crippen molar-refractivity contribution in [3.05, 3.63) is 11.9 Å². The summed E-state index contributed by atoms with van der Waals surface area (Å²) in [5, 5.41) is 16.4. The molecular formula is C8H10N8. The van der Waals surface area contributed by atoms with Crippen molar-refractivity contribution in [2.45, 2.75) is 19.4 Å². The standard InChI is InChI=1S/C8H10N8/c1-8(2)4-5(13-15-8)6(12-9)14-16-7(4)10-3-11-16/h3H,9H2,1-2H3,(H,12,14). The molecule has 1 aliphatic heterocycles. The summed E-state index contributed by atoms with van der Waals surface area (Å²) < 4.78 is 1.42. The van der Waals surface area contributed by atoms with E-state index >= 15 is 0 Å². The van der Waals surface area contributed by atoms with Gasteiger partial charge in [-0.15, -0.1) is 14.8 Å². The van der Waals surface area contributed by atoms with E-state index in [-0.39, 0.29) is 0 Å². The van der Waals surface area contributed by atoms with E-state index in [0.29, 0.717) is 17.2 Å². The van der Waals surface area contributed by atoms with Gasteiger partial charge in [0.1, 0.15) is 17.6 Å². The Labute approximate surface area is 90.5 Å². The second-order valence-corrected chi connectivity index (χ2v) is 4.05. The quantitative estimate of drug-likeness (QED) is 0.542. The highest BCUT2D eigenvalue weighted by atomic mass is 15.5. The van der Waals surface area contributed by atoms with Crippen LogP contribution in [0.4, 0.5) is 11.5 Å². The second-order valence-electron chi connectivity index (χ2n) is 4.05. The number of azo groups is 1. The normalized spacial score (nSPS) is 16.7. The third-order valence-corrected chi connectivity index (χ3v) is 2.56.